The maximum absolute atomic E-state index is 6.07. The number of aliphatic imine (C=N–C) groups is 1. The van der Waals surface area contributed by atoms with Crippen molar-refractivity contribution in [3.05, 3.63) is 41.0 Å². The summed E-state index contributed by atoms with van der Waals surface area (Å²) in [5, 5.41) is 10.5. The van der Waals surface area contributed by atoms with Crippen LogP contribution in [0.15, 0.2) is 27.7 Å². The van der Waals surface area contributed by atoms with Gasteiger partial charge in [0.1, 0.15) is 5.75 Å². The summed E-state index contributed by atoms with van der Waals surface area (Å²) < 4.78 is 11.2. The first-order valence-electron chi connectivity index (χ1n) is 9.51. The normalized spacial score (nSPS) is 12.2. The van der Waals surface area contributed by atoms with Crippen molar-refractivity contribution in [1.29, 1.82) is 0 Å². The molecule has 0 saturated carbocycles. The third-order valence-corrected chi connectivity index (χ3v) is 4.23. The highest BCUT2D eigenvalue weighted by molar-refractivity contribution is 14.0. The number of aryl methyl sites for hydroxylation is 3. The molecule has 7 nitrogen and oxygen atoms in total. The fourth-order valence-electron chi connectivity index (χ4n) is 2.51. The van der Waals surface area contributed by atoms with Gasteiger partial charge in [0.2, 0.25) is 5.89 Å². The lowest BCUT2D eigenvalue weighted by molar-refractivity contribution is 0.215. The maximum atomic E-state index is 6.07. The highest BCUT2D eigenvalue weighted by atomic mass is 127. The van der Waals surface area contributed by atoms with Gasteiger partial charge >= 0.3 is 0 Å². The van der Waals surface area contributed by atoms with E-state index in [1.54, 1.807) is 7.05 Å². The Morgan fingerprint density at radius 2 is 2.07 bits per heavy atom. The van der Waals surface area contributed by atoms with Crippen molar-refractivity contribution in [1.82, 2.24) is 20.8 Å². The van der Waals surface area contributed by atoms with Crippen molar-refractivity contribution >= 4 is 29.9 Å². The highest BCUT2D eigenvalue weighted by Crippen LogP contribution is 2.22. The van der Waals surface area contributed by atoms with Gasteiger partial charge in [0.15, 0.2) is 11.8 Å². The van der Waals surface area contributed by atoms with E-state index < -0.39 is 0 Å². The van der Waals surface area contributed by atoms with Crippen molar-refractivity contribution in [2.45, 2.75) is 59.6 Å². The Hall–Kier alpha value is -1.84. The first kappa shape index (κ1) is 24.2. The van der Waals surface area contributed by atoms with Gasteiger partial charge in [0, 0.05) is 32.1 Å². The summed E-state index contributed by atoms with van der Waals surface area (Å²) in [6.07, 6.45) is 2.80. The molecule has 2 N–H and O–H groups in total. The second-order valence-electron chi connectivity index (χ2n) is 6.64. The molecule has 28 heavy (non-hydrogen) atoms. The third-order valence-electron chi connectivity index (χ3n) is 4.23. The van der Waals surface area contributed by atoms with E-state index in [1.165, 1.54) is 5.56 Å². The van der Waals surface area contributed by atoms with E-state index >= 15 is 0 Å². The summed E-state index contributed by atoms with van der Waals surface area (Å²) in [6.45, 7) is 9.53. The Morgan fingerprint density at radius 3 is 2.71 bits per heavy atom. The van der Waals surface area contributed by atoms with E-state index in [0.717, 1.165) is 43.1 Å². The molecule has 1 heterocycles. The molecule has 0 aliphatic carbocycles. The van der Waals surface area contributed by atoms with Crippen LogP contribution >= 0.6 is 24.0 Å². The topological polar surface area (TPSA) is 84.6 Å². The number of guanidine groups is 1. The first-order valence-corrected chi connectivity index (χ1v) is 9.51. The molecule has 1 aromatic carbocycles. The molecule has 0 spiro atoms. The van der Waals surface area contributed by atoms with E-state index in [1.807, 2.05) is 6.92 Å². The summed E-state index contributed by atoms with van der Waals surface area (Å²) in [7, 11) is 1.77. The number of nitrogens with one attached hydrogen (secondary N) is 2. The molecule has 1 aromatic heterocycles. The molecular weight excluding hydrogens is 469 g/mol. The zero-order valence-electron chi connectivity index (χ0n) is 17.4. The molecule has 156 valence electrons. The second-order valence-corrected chi connectivity index (χ2v) is 6.64. The van der Waals surface area contributed by atoms with Crippen molar-refractivity contribution < 1.29 is 9.26 Å². The first-order chi connectivity index (χ1) is 13.0. The minimum Gasteiger partial charge on any atom is -0.490 e. The molecule has 0 fully saturated rings. The van der Waals surface area contributed by atoms with Crippen LogP contribution in [0.3, 0.4) is 0 Å². The van der Waals surface area contributed by atoms with Gasteiger partial charge in [-0.3, -0.25) is 4.99 Å². The molecule has 0 radical (unpaired) electrons. The predicted octanol–water partition coefficient (Wildman–Crippen LogP) is 3.78. The fraction of sp³-hybridized carbons (Fsp3) is 0.550. The van der Waals surface area contributed by atoms with E-state index in [9.17, 15) is 0 Å². The zero-order chi connectivity index (χ0) is 19.6. The molecular formula is C20H32IN5O2. The van der Waals surface area contributed by atoms with Crippen molar-refractivity contribution in [2.24, 2.45) is 4.99 Å². The predicted molar refractivity (Wildman–Crippen MR) is 123 cm³/mol. The van der Waals surface area contributed by atoms with Crippen LogP contribution in [0.5, 0.6) is 5.75 Å². The number of halogens is 1. The standard InChI is InChI=1S/C20H31N5O2.HI/c1-6-15(3)26-18-12-14(2)9-10-17(18)13-23-20(21-5)22-11-7-8-19-24-16(4)25-27-19;/h9-10,12,15H,6-8,11,13H2,1-5H3,(H2,21,22,23);1H. The summed E-state index contributed by atoms with van der Waals surface area (Å²) in [4.78, 5) is 8.48. The van der Waals surface area contributed by atoms with Crippen molar-refractivity contribution in [2.75, 3.05) is 13.6 Å². The van der Waals surface area contributed by atoms with Crippen molar-refractivity contribution in [3.63, 3.8) is 0 Å². The van der Waals surface area contributed by atoms with Gasteiger partial charge < -0.3 is 19.9 Å². The van der Waals surface area contributed by atoms with Gasteiger partial charge in [-0.05, 0) is 45.2 Å². The molecule has 0 aliphatic rings. The SMILES string of the molecule is CCC(C)Oc1cc(C)ccc1CNC(=NC)NCCCc1nc(C)no1.I. The Labute approximate surface area is 184 Å². The summed E-state index contributed by atoms with van der Waals surface area (Å²) >= 11 is 0. The van der Waals surface area contributed by atoms with Gasteiger partial charge in [-0.1, -0.05) is 24.2 Å². The molecule has 0 amide bonds. The molecule has 2 aromatic rings. The Bertz CT molecular complexity index is 748. The smallest absolute Gasteiger partial charge is 0.226 e. The van der Waals surface area contributed by atoms with E-state index in [2.05, 4.69) is 64.7 Å². The number of nitrogens with zero attached hydrogens (tertiary/aromatic N) is 3. The maximum Gasteiger partial charge on any atom is 0.226 e. The van der Waals surface area contributed by atoms with Gasteiger partial charge in [0.05, 0.1) is 6.10 Å². The largest absolute Gasteiger partial charge is 0.490 e. The monoisotopic (exact) mass is 501 g/mol. The van der Waals surface area contributed by atoms with Crippen LogP contribution in [0.1, 0.15) is 49.5 Å². The molecule has 0 bridgehead atoms. The van der Waals surface area contributed by atoms with Crippen LogP contribution in [0, 0.1) is 13.8 Å². The molecule has 2 rings (SSSR count). The number of hydrogen-bond donors (Lipinski definition) is 2. The number of benzene rings is 1. The fourth-order valence-corrected chi connectivity index (χ4v) is 2.51. The molecule has 1 unspecified atom stereocenters. The minimum atomic E-state index is 0. The lowest BCUT2D eigenvalue weighted by Gasteiger charge is -2.18. The Morgan fingerprint density at radius 1 is 1.29 bits per heavy atom. The average molecular weight is 501 g/mol. The minimum absolute atomic E-state index is 0. The lowest BCUT2D eigenvalue weighted by Crippen LogP contribution is -2.37. The van der Waals surface area contributed by atoms with Gasteiger partial charge in [-0.25, -0.2) is 0 Å². The third kappa shape index (κ3) is 8.04. The van der Waals surface area contributed by atoms with Gasteiger partial charge in [-0.2, -0.15) is 4.98 Å². The zero-order valence-corrected chi connectivity index (χ0v) is 19.7. The number of ether oxygens (including phenoxy) is 1. The van der Waals surface area contributed by atoms with Gasteiger partial charge in [-0.15, -0.1) is 24.0 Å². The second kappa shape index (κ2) is 12.6. The average Bonchev–Trinajstić information content (AvgIpc) is 3.07. The van der Waals surface area contributed by atoms with Crippen LogP contribution in [0.2, 0.25) is 0 Å². The Kier molecular flexibility index (Phi) is 10.9. The number of rotatable bonds is 9. The van der Waals surface area contributed by atoms with Crippen LogP contribution in [0.25, 0.3) is 0 Å². The van der Waals surface area contributed by atoms with E-state index in [4.69, 9.17) is 9.26 Å². The van der Waals surface area contributed by atoms with E-state index in [-0.39, 0.29) is 30.1 Å². The van der Waals surface area contributed by atoms with Crippen molar-refractivity contribution in [3.8, 4) is 5.75 Å². The lowest BCUT2D eigenvalue weighted by atomic mass is 10.1. The number of aromatic nitrogens is 2. The van der Waals surface area contributed by atoms with Crippen LogP contribution in [-0.4, -0.2) is 35.8 Å². The van der Waals surface area contributed by atoms with Gasteiger partial charge in [0.25, 0.3) is 0 Å². The molecule has 1 atom stereocenters. The summed E-state index contributed by atoms with van der Waals surface area (Å²) in [5.74, 6) is 3.03. The number of hydrogen-bond acceptors (Lipinski definition) is 5. The highest BCUT2D eigenvalue weighted by Gasteiger charge is 2.09. The molecule has 0 aliphatic heterocycles. The van der Waals surface area contributed by atoms with Crippen LogP contribution < -0.4 is 15.4 Å². The van der Waals surface area contributed by atoms with Crippen LogP contribution in [-0.2, 0) is 13.0 Å². The Balaban J connectivity index is 0.00000392. The molecule has 8 heteroatoms. The molecule has 0 saturated heterocycles. The summed E-state index contributed by atoms with van der Waals surface area (Å²) in [6, 6.07) is 6.29. The quantitative estimate of drug-likeness (QED) is 0.236. The van der Waals surface area contributed by atoms with Crippen LogP contribution in [0.4, 0.5) is 0 Å². The van der Waals surface area contributed by atoms with E-state index in [0.29, 0.717) is 18.3 Å². The summed E-state index contributed by atoms with van der Waals surface area (Å²) in [5.41, 5.74) is 2.31.